The summed E-state index contributed by atoms with van der Waals surface area (Å²) in [5.74, 6) is -1.51. The number of carbonyl (C=O) groups is 1. The van der Waals surface area contributed by atoms with Crippen LogP contribution in [0.2, 0.25) is 0 Å². The minimum atomic E-state index is -3.73. The van der Waals surface area contributed by atoms with Crippen molar-refractivity contribution in [1.29, 1.82) is 0 Å². The number of rotatable bonds is 6. The van der Waals surface area contributed by atoms with Gasteiger partial charge in [-0.2, -0.15) is 0 Å². The molecule has 0 saturated carbocycles. The first-order chi connectivity index (χ1) is 9.88. The van der Waals surface area contributed by atoms with Crippen molar-refractivity contribution in [1.82, 2.24) is 4.72 Å². The highest BCUT2D eigenvalue weighted by Crippen LogP contribution is 2.19. The minimum absolute atomic E-state index is 0.0334. The van der Waals surface area contributed by atoms with Crippen molar-refractivity contribution in [3.05, 3.63) is 52.0 Å². The van der Waals surface area contributed by atoms with E-state index in [1.54, 1.807) is 12.1 Å². The summed E-state index contributed by atoms with van der Waals surface area (Å²) in [6.07, 6.45) is 0.412. The molecule has 8 heteroatoms. The second-order valence-corrected chi connectivity index (χ2v) is 6.90. The van der Waals surface area contributed by atoms with Gasteiger partial charge in [0.05, 0.1) is 4.90 Å². The molecule has 1 aromatic heterocycles. The molecule has 21 heavy (non-hydrogen) atoms. The molecule has 1 aromatic carbocycles. The molecule has 0 unspecified atom stereocenters. The Morgan fingerprint density at radius 1 is 1.29 bits per heavy atom. The van der Waals surface area contributed by atoms with Crippen LogP contribution in [0.15, 0.2) is 40.6 Å². The van der Waals surface area contributed by atoms with Crippen LogP contribution in [0.1, 0.15) is 15.2 Å². The molecule has 0 saturated heterocycles. The summed E-state index contributed by atoms with van der Waals surface area (Å²) in [7, 11) is -3.73. The number of halogens is 1. The molecule has 0 fully saturated rings. The van der Waals surface area contributed by atoms with E-state index in [-0.39, 0.29) is 22.1 Å². The topological polar surface area (TPSA) is 83.5 Å². The highest BCUT2D eigenvalue weighted by atomic mass is 32.2. The average Bonchev–Trinajstić information content (AvgIpc) is 2.91. The van der Waals surface area contributed by atoms with E-state index < -0.39 is 16.0 Å². The fraction of sp³-hybridized carbons (Fsp3) is 0.154. The molecular weight excluding hydrogens is 317 g/mol. The maximum absolute atomic E-state index is 12.7. The van der Waals surface area contributed by atoms with E-state index >= 15 is 0 Å². The zero-order valence-electron chi connectivity index (χ0n) is 10.7. The van der Waals surface area contributed by atoms with E-state index in [9.17, 15) is 17.6 Å². The lowest BCUT2D eigenvalue weighted by Gasteiger charge is -2.05. The maximum Gasteiger partial charge on any atom is 0.345 e. The van der Waals surface area contributed by atoms with Gasteiger partial charge in [-0.1, -0.05) is 12.1 Å². The Morgan fingerprint density at radius 3 is 2.52 bits per heavy atom. The number of benzene rings is 1. The second-order valence-electron chi connectivity index (χ2n) is 4.23. The Bertz CT molecular complexity index is 738. The van der Waals surface area contributed by atoms with Gasteiger partial charge in [0.15, 0.2) is 0 Å². The third kappa shape index (κ3) is 4.10. The van der Waals surface area contributed by atoms with Crippen LogP contribution in [-0.2, 0) is 16.4 Å². The zero-order valence-corrected chi connectivity index (χ0v) is 12.4. The predicted molar refractivity (Wildman–Crippen MR) is 76.6 cm³/mol. The second kappa shape index (κ2) is 6.33. The number of hydrogen-bond donors (Lipinski definition) is 2. The fourth-order valence-corrected chi connectivity index (χ4v) is 3.78. The van der Waals surface area contributed by atoms with Crippen molar-refractivity contribution >= 4 is 27.3 Å². The summed E-state index contributed by atoms with van der Waals surface area (Å²) >= 11 is 0.856. The van der Waals surface area contributed by atoms with Gasteiger partial charge in [-0.05, 0) is 30.2 Å². The van der Waals surface area contributed by atoms with Gasteiger partial charge < -0.3 is 5.11 Å². The first-order valence-corrected chi connectivity index (χ1v) is 8.31. The van der Waals surface area contributed by atoms with Gasteiger partial charge in [0.2, 0.25) is 10.0 Å². The quantitative estimate of drug-likeness (QED) is 0.850. The standard InChI is InChI=1S/C13H12FNO4S2/c14-10-3-1-9(2-4-10)5-6-15-21(18,19)11-7-12(13(16)17)20-8-11/h1-4,7-8,15H,5-6H2,(H,16,17). The Balaban J connectivity index is 1.97. The van der Waals surface area contributed by atoms with Crippen LogP contribution in [0.25, 0.3) is 0 Å². The van der Waals surface area contributed by atoms with E-state index in [2.05, 4.69) is 4.72 Å². The normalized spacial score (nSPS) is 11.5. The number of thiophene rings is 1. The van der Waals surface area contributed by atoms with Crippen LogP contribution in [0.4, 0.5) is 4.39 Å². The van der Waals surface area contributed by atoms with E-state index in [4.69, 9.17) is 5.11 Å². The lowest BCUT2D eigenvalue weighted by Crippen LogP contribution is -2.25. The molecule has 112 valence electrons. The summed E-state index contributed by atoms with van der Waals surface area (Å²) in [5.41, 5.74) is 0.802. The van der Waals surface area contributed by atoms with Crippen LogP contribution < -0.4 is 4.72 Å². The van der Waals surface area contributed by atoms with Gasteiger partial charge in [-0.3, -0.25) is 0 Å². The monoisotopic (exact) mass is 329 g/mol. The van der Waals surface area contributed by atoms with Gasteiger partial charge in [0.1, 0.15) is 10.7 Å². The summed E-state index contributed by atoms with van der Waals surface area (Å²) < 4.78 is 39.0. The van der Waals surface area contributed by atoms with E-state index in [1.165, 1.54) is 17.5 Å². The number of carboxylic acids is 1. The molecule has 0 atom stereocenters. The van der Waals surface area contributed by atoms with Crippen LogP contribution in [0, 0.1) is 5.82 Å². The Labute approximate surface area is 125 Å². The average molecular weight is 329 g/mol. The van der Waals surface area contributed by atoms with E-state index in [1.807, 2.05) is 0 Å². The van der Waals surface area contributed by atoms with Crippen molar-refractivity contribution in [3.63, 3.8) is 0 Å². The summed E-state index contributed by atoms with van der Waals surface area (Å²) in [6.45, 7) is 0.145. The molecule has 0 aliphatic heterocycles. The molecule has 1 heterocycles. The number of hydrogen-bond acceptors (Lipinski definition) is 4. The fourth-order valence-electron chi connectivity index (χ4n) is 1.64. The minimum Gasteiger partial charge on any atom is -0.477 e. The molecule has 0 radical (unpaired) electrons. The molecule has 2 aromatic rings. The molecule has 0 aliphatic rings. The lowest BCUT2D eigenvalue weighted by molar-refractivity contribution is 0.0702. The van der Waals surface area contributed by atoms with Gasteiger partial charge in [-0.15, -0.1) is 11.3 Å². The third-order valence-electron chi connectivity index (χ3n) is 2.72. The molecule has 0 aliphatic carbocycles. The molecule has 2 rings (SSSR count). The summed E-state index contributed by atoms with van der Waals surface area (Å²) in [5, 5.41) is 10.1. The van der Waals surface area contributed by atoms with Gasteiger partial charge >= 0.3 is 5.97 Å². The maximum atomic E-state index is 12.7. The van der Waals surface area contributed by atoms with Crippen molar-refractivity contribution < 1.29 is 22.7 Å². The summed E-state index contributed by atoms with van der Waals surface area (Å²) in [6, 6.07) is 6.89. The largest absolute Gasteiger partial charge is 0.477 e. The summed E-state index contributed by atoms with van der Waals surface area (Å²) in [4.78, 5) is 10.6. The highest BCUT2D eigenvalue weighted by Gasteiger charge is 2.17. The first kappa shape index (κ1) is 15.6. The van der Waals surface area contributed by atoms with Crippen molar-refractivity contribution in [2.24, 2.45) is 0 Å². The van der Waals surface area contributed by atoms with E-state index in [0.717, 1.165) is 23.0 Å². The number of carboxylic acid groups (broad SMARTS) is 1. The molecule has 0 amide bonds. The molecule has 0 spiro atoms. The molecule has 2 N–H and O–H groups in total. The zero-order chi connectivity index (χ0) is 15.5. The lowest BCUT2D eigenvalue weighted by atomic mass is 10.1. The number of nitrogens with one attached hydrogen (secondary N) is 1. The van der Waals surface area contributed by atoms with Gasteiger partial charge in [-0.25, -0.2) is 22.3 Å². The highest BCUT2D eigenvalue weighted by molar-refractivity contribution is 7.89. The van der Waals surface area contributed by atoms with Crippen LogP contribution in [-0.4, -0.2) is 26.0 Å². The van der Waals surface area contributed by atoms with Crippen LogP contribution in [0.5, 0.6) is 0 Å². The van der Waals surface area contributed by atoms with E-state index in [0.29, 0.717) is 6.42 Å². The SMILES string of the molecule is O=C(O)c1cc(S(=O)(=O)NCCc2ccc(F)cc2)cs1. The van der Waals surface area contributed by atoms with Gasteiger partial charge in [0.25, 0.3) is 0 Å². The molecule has 0 bridgehead atoms. The number of sulfonamides is 1. The van der Waals surface area contributed by atoms with Crippen LogP contribution >= 0.6 is 11.3 Å². The van der Waals surface area contributed by atoms with Gasteiger partial charge in [0, 0.05) is 11.9 Å². The molecular formula is C13H12FNO4S2. The Kier molecular flexibility index (Phi) is 4.71. The Morgan fingerprint density at radius 2 is 1.95 bits per heavy atom. The van der Waals surface area contributed by atoms with Crippen molar-refractivity contribution in [2.75, 3.05) is 6.54 Å². The first-order valence-electron chi connectivity index (χ1n) is 5.94. The smallest absolute Gasteiger partial charge is 0.345 e. The van der Waals surface area contributed by atoms with Crippen molar-refractivity contribution in [2.45, 2.75) is 11.3 Å². The van der Waals surface area contributed by atoms with Crippen LogP contribution in [0.3, 0.4) is 0 Å². The predicted octanol–water partition coefficient (Wildman–Crippen LogP) is 2.11. The number of aromatic carboxylic acids is 1. The Hall–Kier alpha value is -1.77. The van der Waals surface area contributed by atoms with Crippen molar-refractivity contribution in [3.8, 4) is 0 Å². The molecule has 5 nitrogen and oxygen atoms in total. The third-order valence-corrected chi connectivity index (χ3v) is 5.22.